The number of esters is 1. The van der Waals surface area contributed by atoms with Gasteiger partial charge in [0.2, 0.25) is 0 Å². The molecule has 0 fully saturated rings. The number of hydrogen-bond acceptors (Lipinski definition) is 14. The number of fused-ring (bicyclic) bond motifs is 14. The van der Waals surface area contributed by atoms with Gasteiger partial charge < -0.3 is 49.8 Å². The number of rotatable bonds is 6. The molecule has 0 unspecified atom stereocenters. The first-order valence-corrected chi connectivity index (χ1v) is 21.3. The van der Waals surface area contributed by atoms with Crippen LogP contribution in [0.2, 0.25) is 0 Å². The Morgan fingerprint density at radius 2 is 1.46 bits per heavy atom. The lowest BCUT2D eigenvalue weighted by atomic mass is 9.78. The van der Waals surface area contributed by atoms with E-state index in [9.17, 15) is 39.9 Å². The first-order chi connectivity index (χ1) is 30.8. The third-order valence-corrected chi connectivity index (χ3v) is 12.3. The fourth-order valence-corrected chi connectivity index (χ4v) is 8.41. The van der Waals surface area contributed by atoms with Gasteiger partial charge in [0.05, 0.1) is 64.4 Å². The number of ketones is 1. The smallest absolute Gasteiger partial charge is 0.312 e. The molecule has 3 heterocycles. The van der Waals surface area contributed by atoms with Gasteiger partial charge in [-0.05, 0) is 44.2 Å². The zero-order valence-corrected chi connectivity index (χ0v) is 37.8. The summed E-state index contributed by atoms with van der Waals surface area (Å²) in [6, 6.07) is 18.2. The number of nitrogens with one attached hydrogen (secondary N) is 1. The maximum Gasteiger partial charge on any atom is 0.312 e. The third-order valence-electron chi connectivity index (χ3n) is 12.3. The van der Waals surface area contributed by atoms with Gasteiger partial charge >= 0.3 is 11.8 Å². The summed E-state index contributed by atoms with van der Waals surface area (Å²) in [5, 5.41) is 67.6. The van der Waals surface area contributed by atoms with Gasteiger partial charge in [-0.15, -0.1) is 0 Å². The Balaban J connectivity index is 1.57. The third kappa shape index (κ3) is 9.44. The Hall–Kier alpha value is -6.68. The molecule has 0 radical (unpaired) electrons. The fourth-order valence-electron chi connectivity index (χ4n) is 8.41. The summed E-state index contributed by atoms with van der Waals surface area (Å²) in [5.74, 6) is -8.72. The molecule has 6 N–H and O–H groups in total. The van der Waals surface area contributed by atoms with Crippen LogP contribution in [0.15, 0.2) is 102 Å². The molecule has 344 valence electrons. The lowest BCUT2D eigenvalue weighted by Crippen LogP contribution is -2.46. The molecule has 0 aliphatic carbocycles. The number of allylic oxidation sites excluding steroid dienone is 2. The lowest BCUT2D eigenvalue weighted by molar-refractivity contribution is -0.160. The number of para-hydroxylation sites is 2. The number of anilines is 3. The van der Waals surface area contributed by atoms with Crippen LogP contribution in [0.1, 0.15) is 70.0 Å². The number of benzene rings is 4. The molecule has 1 amide bonds. The van der Waals surface area contributed by atoms with Crippen molar-refractivity contribution in [1.82, 2.24) is 0 Å². The number of amides is 1. The molecule has 0 saturated carbocycles. The molecule has 7 rings (SSSR count). The quantitative estimate of drug-likeness (QED) is 0.0357. The highest BCUT2D eigenvalue weighted by atomic mass is 16.7. The minimum atomic E-state index is -2.09. The van der Waals surface area contributed by atoms with Crippen LogP contribution in [0, 0.1) is 30.6 Å². The Labute approximate surface area is 377 Å². The average Bonchev–Trinajstić information content (AvgIpc) is 3.56. The number of carbonyl (C=O) groups excluding carboxylic acids is 3. The van der Waals surface area contributed by atoms with Crippen LogP contribution in [0.3, 0.4) is 0 Å². The zero-order valence-electron chi connectivity index (χ0n) is 37.8. The highest BCUT2D eigenvalue weighted by Crippen LogP contribution is 2.55. The van der Waals surface area contributed by atoms with Crippen molar-refractivity contribution in [2.75, 3.05) is 17.4 Å². The largest absolute Gasteiger partial charge is 0.507 e. The molecule has 9 atom stereocenters. The Kier molecular flexibility index (Phi) is 14.4. The van der Waals surface area contributed by atoms with E-state index in [0.29, 0.717) is 11.4 Å². The number of phenolic OH excluding ortho intramolecular Hbond substituents is 3. The number of ether oxygens (including phenoxy) is 4. The van der Waals surface area contributed by atoms with Crippen molar-refractivity contribution in [1.29, 1.82) is 0 Å². The van der Waals surface area contributed by atoms with E-state index in [4.69, 9.17) is 24.0 Å². The molecule has 5 bridgehead atoms. The number of methoxy groups -OCH3 is 1. The van der Waals surface area contributed by atoms with Crippen molar-refractivity contribution in [2.45, 2.75) is 85.6 Å². The molecule has 4 aromatic rings. The summed E-state index contributed by atoms with van der Waals surface area (Å²) in [6.45, 7) is 12.5. The van der Waals surface area contributed by atoms with E-state index >= 15 is 0 Å². The predicted octanol–water partition coefficient (Wildman–Crippen LogP) is 7.93. The number of nitrogens with zero attached hydrogens (tertiary/aromatic N) is 2. The van der Waals surface area contributed by atoms with E-state index in [1.807, 2.05) is 60.7 Å². The molecule has 0 saturated heterocycles. The average molecular weight is 892 g/mol. The van der Waals surface area contributed by atoms with E-state index in [1.165, 1.54) is 59.4 Å². The first-order valence-electron chi connectivity index (χ1n) is 21.3. The van der Waals surface area contributed by atoms with Crippen molar-refractivity contribution >= 4 is 51.7 Å². The summed E-state index contributed by atoms with van der Waals surface area (Å²) >= 11 is 0. The maximum absolute atomic E-state index is 14.6. The number of hydrazone groups is 1. The second-order valence-corrected chi connectivity index (χ2v) is 16.8. The maximum atomic E-state index is 14.6. The lowest BCUT2D eigenvalue weighted by Gasteiger charge is -2.38. The van der Waals surface area contributed by atoms with E-state index in [2.05, 4.69) is 5.32 Å². The Morgan fingerprint density at radius 1 is 0.846 bits per heavy atom. The predicted molar refractivity (Wildman–Crippen MR) is 246 cm³/mol. The van der Waals surface area contributed by atoms with Crippen LogP contribution < -0.4 is 15.1 Å². The van der Waals surface area contributed by atoms with E-state index in [1.54, 1.807) is 44.9 Å². The SMILES string of the molecule is CO[C@@H]1C=CO[C@@]2(C)Oc3c(C)c(O)c4c(O)c(c(C=NN(c5ccccc5)c5ccccc5)c(O)c4c3C2=O)NC(=O)C(C)=CC=C[C@H](C)[C@H](O)[C@H](C)[C@H](O)[C@H](C)[C@H](OC(C)=O)[C@H]1C. The van der Waals surface area contributed by atoms with Crippen LogP contribution in [-0.4, -0.2) is 86.7 Å². The van der Waals surface area contributed by atoms with Crippen molar-refractivity contribution in [3.05, 3.63) is 113 Å². The van der Waals surface area contributed by atoms with Crippen molar-refractivity contribution in [2.24, 2.45) is 28.8 Å². The first kappa shape index (κ1) is 47.8. The normalized spacial score (nSPS) is 26.5. The van der Waals surface area contributed by atoms with E-state index in [-0.39, 0.29) is 44.5 Å². The number of aliphatic hydroxyl groups excluding tert-OH is 2. The fraction of sp³-hybridized carbons (Fsp3) is 0.360. The van der Waals surface area contributed by atoms with Gasteiger partial charge in [-0.25, -0.2) is 5.01 Å². The molecule has 15 nitrogen and oxygen atoms in total. The zero-order chi connectivity index (χ0) is 47.5. The molecule has 0 spiro atoms. The molecule has 4 aromatic carbocycles. The van der Waals surface area contributed by atoms with Crippen LogP contribution in [0.4, 0.5) is 17.1 Å². The molecule has 65 heavy (non-hydrogen) atoms. The molecular weight excluding hydrogens is 835 g/mol. The number of carbonyl (C=O) groups is 3. The summed E-state index contributed by atoms with van der Waals surface area (Å²) in [6.07, 6.45) is 4.68. The second kappa shape index (κ2) is 19.6. The van der Waals surface area contributed by atoms with Crippen molar-refractivity contribution < 1.29 is 58.9 Å². The topological polar surface area (TPSA) is 217 Å². The number of phenols is 3. The number of aromatic hydroxyl groups is 3. The minimum absolute atomic E-state index is 0.0299. The molecule has 3 aliphatic rings. The second-order valence-electron chi connectivity index (χ2n) is 16.8. The Bertz CT molecular complexity index is 2520. The van der Waals surface area contributed by atoms with Gasteiger partial charge in [-0.2, -0.15) is 5.10 Å². The van der Waals surface area contributed by atoms with Gasteiger partial charge in [-0.3, -0.25) is 14.4 Å². The van der Waals surface area contributed by atoms with Crippen LogP contribution in [-0.2, 0) is 23.8 Å². The van der Waals surface area contributed by atoms with Crippen molar-refractivity contribution in [3.8, 4) is 23.0 Å². The Morgan fingerprint density at radius 3 is 2.05 bits per heavy atom. The highest BCUT2D eigenvalue weighted by Gasteiger charge is 2.50. The monoisotopic (exact) mass is 891 g/mol. The number of Topliss-reactive ketones (excluding diaryl/α,β-unsaturated/α-hetero) is 1. The van der Waals surface area contributed by atoms with Crippen LogP contribution in [0.5, 0.6) is 23.0 Å². The van der Waals surface area contributed by atoms with Gasteiger partial charge in [0.15, 0.2) is 5.75 Å². The van der Waals surface area contributed by atoms with Gasteiger partial charge in [0, 0.05) is 61.2 Å². The molecule has 15 heteroatoms. The molecule has 3 aliphatic heterocycles. The summed E-state index contributed by atoms with van der Waals surface area (Å²) < 4.78 is 23.7. The highest BCUT2D eigenvalue weighted by molar-refractivity contribution is 6.24. The van der Waals surface area contributed by atoms with Crippen LogP contribution >= 0.6 is 0 Å². The van der Waals surface area contributed by atoms with Crippen LogP contribution in [0.25, 0.3) is 10.8 Å². The molecular formula is C50H57N3O12. The summed E-state index contributed by atoms with van der Waals surface area (Å²) in [4.78, 5) is 41.0. The van der Waals surface area contributed by atoms with Gasteiger partial charge in [0.25, 0.3) is 11.7 Å². The standard InChI is InChI=1S/C50H57N3O12/c1-26-17-16-18-27(2)49(61)52-40-35(25-51-53(33-19-12-10-13-20-33)34-21-14-11-15-22-34)44(58)37-38(45(40)59)43(57)31(6)47-39(37)48(60)50(8,65-47)63-24-23-36(62-9)28(3)46(64-32(7)54)30(5)42(56)29(4)41(26)55/h10-26,28-30,36,41-42,46,55-59H,1-9H3,(H,52,61)/t26-,28-,29-,30-,36+,41-,42-,46+,50-/m0/s1. The molecule has 0 aromatic heterocycles. The van der Waals surface area contributed by atoms with Crippen molar-refractivity contribution in [3.63, 3.8) is 0 Å². The number of hydrogen-bond donors (Lipinski definition) is 6. The minimum Gasteiger partial charge on any atom is -0.507 e. The summed E-state index contributed by atoms with van der Waals surface area (Å²) in [7, 11) is 1.43. The summed E-state index contributed by atoms with van der Waals surface area (Å²) in [5.41, 5.74) is 0.665. The van der Waals surface area contributed by atoms with Gasteiger partial charge in [-0.1, -0.05) is 82.3 Å². The number of aliphatic hydroxyl groups is 2. The van der Waals surface area contributed by atoms with E-state index < -0.39 is 88.8 Å². The van der Waals surface area contributed by atoms with E-state index in [0.717, 1.165) is 0 Å². The van der Waals surface area contributed by atoms with Gasteiger partial charge in [0.1, 0.15) is 23.4 Å².